The van der Waals surface area contributed by atoms with Crippen molar-refractivity contribution in [2.75, 3.05) is 40.5 Å². The van der Waals surface area contributed by atoms with E-state index in [-0.39, 0.29) is 6.10 Å². The van der Waals surface area contributed by atoms with Gasteiger partial charge in [-0.05, 0) is 50.2 Å². The van der Waals surface area contributed by atoms with Crippen LogP contribution in [0.2, 0.25) is 0 Å². The Labute approximate surface area is 178 Å². The van der Waals surface area contributed by atoms with Crippen LogP contribution in [0.25, 0.3) is 0 Å². The molecule has 0 unspecified atom stereocenters. The molecule has 0 amide bonds. The maximum atomic E-state index is 9.86. The van der Waals surface area contributed by atoms with Crippen LogP contribution in [0.1, 0.15) is 58.3 Å². The third-order valence-electron chi connectivity index (χ3n) is 5.63. The van der Waals surface area contributed by atoms with E-state index in [1.54, 1.807) is 14.2 Å². The van der Waals surface area contributed by atoms with Gasteiger partial charge >= 0.3 is 0 Å². The quantitative estimate of drug-likeness (QED) is 0.236. The van der Waals surface area contributed by atoms with E-state index in [1.165, 1.54) is 24.8 Å². The number of aliphatic hydroxyl groups excluding tert-OH is 1. The van der Waals surface area contributed by atoms with Gasteiger partial charge in [0.25, 0.3) is 0 Å². The second kappa shape index (κ2) is 15.7. The molecule has 0 spiro atoms. The highest BCUT2D eigenvalue weighted by Crippen LogP contribution is 2.28. The van der Waals surface area contributed by atoms with Crippen LogP contribution in [-0.2, 0) is 14.2 Å². The summed E-state index contributed by atoms with van der Waals surface area (Å²) in [5.41, 5.74) is 1.29. The van der Waals surface area contributed by atoms with Crippen LogP contribution < -0.4 is 0 Å². The number of aliphatic hydroxyl groups is 1. The minimum atomic E-state index is -0.150. The molecule has 1 aliphatic heterocycles. The van der Waals surface area contributed by atoms with Gasteiger partial charge in [-0.2, -0.15) is 0 Å². The summed E-state index contributed by atoms with van der Waals surface area (Å²) in [5.74, 6) is 0.859. The van der Waals surface area contributed by atoms with Crippen molar-refractivity contribution >= 4 is 0 Å². The van der Waals surface area contributed by atoms with Crippen molar-refractivity contribution < 1.29 is 19.3 Å². The second-order valence-electron chi connectivity index (χ2n) is 7.74. The van der Waals surface area contributed by atoms with E-state index in [2.05, 4.69) is 37.1 Å². The van der Waals surface area contributed by atoms with Crippen LogP contribution in [0.5, 0.6) is 0 Å². The summed E-state index contributed by atoms with van der Waals surface area (Å²) in [7, 11) is 3.37. The van der Waals surface area contributed by atoms with E-state index in [9.17, 15) is 5.11 Å². The van der Waals surface area contributed by atoms with Gasteiger partial charge in [-0.1, -0.05) is 25.8 Å². The van der Waals surface area contributed by atoms with Gasteiger partial charge in [-0.25, -0.2) is 0 Å². The van der Waals surface area contributed by atoms with E-state index < -0.39 is 0 Å². The lowest BCUT2D eigenvalue weighted by atomic mass is 9.91. The Balaban J connectivity index is 0.00000204. The number of methoxy groups -OCH3 is 2. The van der Waals surface area contributed by atoms with Crippen molar-refractivity contribution in [2.24, 2.45) is 0 Å². The normalized spacial score (nSPS) is 26.1. The lowest BCUT2D eigenvalue weighted by molar-refractivity contribution is -0.0333. The predicted molar refractivity (Wildman–Crippen MR) is 120 cm³/mol. The van der Waals surface area contributed by atoms with E-state index in [0.717, 1.165) is 57.6 Å². The maximum absolute atomic E-state index is 9.86. The Hall–Kier alpha value is -1.14. The van der Waals surface area contributed by atoms with Gasteiger partial charge in [0, 0.05) is 32.8 Å². The molecule has 168 valence electrons. The molecule has 2 fully saturated rings. The highest BCUT2D eigenvalue weighted by Gasteiger charge is 2.34. The lowest BCUT2D eigenvalue weighted by Gasteiger charge is -2.37. The fraction of sp³-hybridized carbons (Fsp3) is 0.750. The van der Waals surface area contributed by atoms with Gasteiger partial charge in [0.1, 0.15) is 12.4 Å². The monoisotopic (exact) mass is 409 g/mol. The zero-order chi connectivity index (χ0) is 21.5. The van der Waals surface area contributed by atoms with Crippen molar-refractivity contribution in [2.45, 2.75) is 76.5 Å². The Bertz CT molecular complexity index is 491. The number of ether oxygens (including phenoxy) is 3. The first kappa shape index (κ1) is 25.9. The standard InChI is InChI=1S/C22H39NO4.C2H4/c1-4-8-18(15-20(26-3)17-25-2)9-7-14-27-22-11-6-5-10-21(22)23-13-12-19(24)16-23;1-2/h8,15,19,21-22,24H,4-7,9-14,16-17H2,1-3H3;1-2H2/b18-8-,20-15+;/t19-,21+,22+;/m1./s1. The fourth-order valence-electron chi connectivity index (χ4n) is 4.27. The van der Waals surface area contributed by atoms with Crippen LogP contribution in [0, 0.1) is 0 Å². The van der Waals surface area contributed by atoms with Crippen LogP contribution >= 0.6 is 0 Å². The van der Waals surface area contributed by atoms with Crippen LogP contribution in [0.3, 0.4) is 0 Å². The van der Waals surface area contributed by atoms with E-state index in [1.807, 2.05) is 0 Å². The van der Waals surface area contributed by atoms with Gasteiger partial charge in [-0.3, -0.25) is 4.90 Å². The number of nitrogens with zero attached hydrogens (tertiary/aromatic N) is 1. The van der Waals surface area contributed by atoms with Crippen LogP contribution in [0.4, 0.5) is 0 Å². The van der Waals surface area contributed by atoms with Gasteiger partial charge in [0.05, 0.1) is 19.3 Å². The van der Waals surface area contributed by atoms with Crippen molar-refractivity contribution in [3.8, 4) is 0 Å². The zero-order valence-corrected chi connectivity index (χ0v) is 18.9. The Morgan fingerprint density at radius 1 is 1.17 bits per heavy atom. The van der Waals surface area contributed by atoms with Crippen LogP contribution in [-0.4, -0.2) is 68.8 Å². The van der Waals surface area contributed by atoms with Gasteiger partial charge in [-0.15, -0.1) is 13.2 Å². The number of hydrogen-bond acceptors (Lipinski definition) is 5. The Morgan fingerprint density at radius 2 is 1.93 bits per heavy atom. The molecule has 0 radical (unpaired) electrons. The SMILES string of the molecule is C=C.CC/C=C(\C=C(/COC)OC)CCCO[C@H]1CCCC[C@@H]1N1CC[C@@H](O)C1. The van der Waals surface area contributed by atoms with E-state index in [0.29, 0.717) is 18.8 Å². The molecule has 0 bridgehead atoms. The summed E-state index contributed by atoms with van der Waals surface area (Å²) in [6.07, 6.45) is 13.3. The summed E-state index contributed by atoms with van der Waals surface area (Å²) in [5, 5.41) is 9.86. The predicted octanol–water partition coefficient (Wildman–Crippen LogP) is 4.48. The van der Waals surface area contributed by atoms with Crippen molar-refractivity contribution in [1.29, 1.82) is 0 Å². The van der Waals surface area contributed by atoms with E-state index in [4.69, 9.17) is 14.2 Å². The molecule has 0 aromatic heterocycles. The number of rotatable bonds is 11. The van der Waals surface area contributed by atoms with E-state index >= 15 is 0 Å². The summed E-state index contributed by atoms with van der Waals surface area (Å²) >= 11 is 0. The first-order valence-electron chi connectivity index (χ1n) is 11.1. The van der Waals surface area contributed by atoms with Gasteiger partial charge < -0.3 is 19.3 Å². The molecular formula is C24H43NO4. The Morgan fingerprint density at radius 3 is 2.55 bits per heavy atom. The molecule has 1 saturated carbocycles. The molecule has 5 nitrogen and oxygen atoms in total. The second-order valence-corrected chi connectivity index (χ2v) is 7.74. The van der Waals surface area contributed by atoms with Crippen molar-refractivity contribution in [1.82, 2.24) is 4.90 Å². The first-order valence-corrected chi connectivity index (χ1v) is 11.1. The lowest BCUT2D eigenvalue weighted by Crippen LogP contribution is -2.46. The third kappa shape index (κ3) is 9.47. The highest BCUT2D eigenvalue weighted by atomic mass is 16.5. The molecular weight excluding hydrogens is 366 g/mol. The number of allylic oxidation sites excluding steroid dienone is 3. The molecule has 2 rings (SSSR count). The molecule has 29 heavy (non-hydrogen) atoms. The molecule has 0 aromatic rings. The molecule has 1 aliphatic carbocycles. The molecule has 1 N–H and O–H groups in total. The summed E-state index contributed by atoms with van der Waals surface area (Å²) in [6.45, 7) is 11.3. The average Bonchev–Trinajstić information content (AvgIpc) is 3.18. The number of hydrogen-bond donors (Lipinski definition) is 1. The maximum Gasteiger partial charge on any atom is 0.121 e. The number of likely N-dealkylation sites (tertiary alicyclic amines) is 1. The molecule has 2 aliphatic rings. The van der Waals surface area contributed by atoms with Crippen molar-refractivity contribution in [3.05, 3.63) is 36.6 Å². The smallest absolute Gasteiger partial charge is 0.121 e. The minimum absolute atomic E-state index is 0.150. The van der Waals surface area contributed by atoms with Gasteiger partial charge in [0.2, 0.25) is 0 Å². The minimum Gasteiger partial charge on any atom is -0.499 e. The third-order valence-corrected chi connectivity index (χ3v) is 5.63. The molecule has 5 heteroatoms. The summed E-state index contributed by atoms with van der Waals surface area (Å²) in [6, 6.07) is 0.489. The fourth-order valence-corrected chi connectivity index (χ4v) is 4.27. The molecule has 3 atom stereocenters. The summed E-state index contributed by atoms with van der Waals surface area (Å²) in [4.78, 5) is 2.45. The molecule has 0 aromatic carbocycles. The van der Waals surface area contributed by atoms with Crippen molar-refractivity contribution in [3.63, 3.8) is 0 Å². The van der Waals surface area contributed by atoms with Crippen LogP contribution in [0.15, 0.2) is 36.6 Å². The largest absolute Gasteiger partial charge is 0.499 e. The summed E-state index contributed by atoms with van der Waals surface area (Å²) < 4.78 is 16.9. The highest BCUT2D eigenvalue weighted by molar-refractivity contribution is 5.21. The molecule has 1 heterocycles. The molecule has 1 saturated heterocycles. The first-order chi connectivity index (χ1) is 14.2. The Kier molecular flexibility index (Phi) is 14.0. The number of β-amino-alcohol motifs (C(OH)–C–C–N with tert-alkyl or cyclic N) is 1. The zero-order valence-electron chi connectivity index (χ0n) is 18.9. The van der Waals surface area contributed by atoms with Gasteiger partial charge in [0.15, 0.2) is 0 Å². The topological polar surface area (TPSA) is 51.2 Å². The average molecular weight is 410 g/mol.